The summed E-state index contributed by atoms with van der Waals surface area (Å²) in [5.41, 5.74) is 1.00. The maximum Gasteiger partial charge on any atom is 0.269 e. The van der Waals surface area contributed by atoms with E-state index in [1.165, 1.54) is 12.1 Å². The van der Waals surface area contributed by atoms with Gasteiger partial charge >= 0.3 is 0 Å². The Hall–Kier alpha value is -2.54. The molecular weight excluding hydrogens is 412 g/mol. The molecular formula is C24H30N2O4S. The molecule has 3 rings (SSSR count). The van der Waals surface area contributed by atoms with Crippen molar-refractivity contribution < 1.29 is 14.5 Å². The number of amides is 1. The van der Waals surface area contributed by atoms with E-state index in [0.29, 0.717) is 5.69 Å². The van der Waals surface area contributed by atoms with Crippen LogP contribution in [-0.2, 0) is 4.79 Å². The molecule has 31 heavy (non-hydrogen) atoms. The van der Waals surface area contributed by atoms with E-state index in [1.807, 2.05) is 18.2 Å². The Bertz CT molecular complexity index is 922. The number of benzene rings is 2. The van der Waals surface area contributed by atoms with Gasteiger partial charge in [-0.25, -0.2) is 0 Å². The summed E-state index contributed by atoms with van der Waals surface area (Å²) in [5, 5.41) is 11.1. The molecule has 0 spiro atoms. The van der Waals surface area contributed by atoms with Crippen LogP contribution in [0.2, 0.25) is 0 Å². The molecule has 0 bridgehead atoms. The number of nitro groups is 1. The van der Waals surface area contributed by atoms with Crippen LogP contribution in [0.5, 0.6) is 5.75 Å². The molecule has 166 valence electrons. The second kappa shape index (κ2) is 10.2. The number of rotatable bonds is 9. The molecule has 0 radical (unpaired) electrons. The van der Waals surface area contributed by atoms with Crippen LogP contribution >= 0.6 is 11.8 Å². The predicted molar refractivity (Wildman–Crippen MR) is 125 cm³/mol. The minimum atomic E-state index is -0.468. The van der Waals surface area contributed by atoms with Crippen LogP contribution < -0.4 is 9.64 Å². The average Bonchev–Trinajstić information content (AvgIpc) is 2.90. The minimum Gasteiger partial charge on any atom is -0.497 e. The number of carbonyl (C=O) groups excluding carboxylic acids is 1. The zero-order valence-corrected chi connectivity index (χ0v) is 19.2. The van der Waals surface area contributed by atoms with Crippen LogP contribution in [0, 0.1) is 15.5 Å². The molecule has 0 saturated heterocycles. The van der Waals surface area contributed by atoms with Gasteiger partial charge in [-0.2, -0.15) is 0 Å². The molecule has 6 nitrogen and oxygen atoms in total. The summed E-state index contributed by atoms with van der Waals surface area (Å²) in [6.45, 7) is 4.30. The first-order valence-electron chi connectivity index (χ1n) is 10.9. The highest BCUT2D eigenvalue weighted by Crippen LogP contribution is 2.49. The lowest BCUT2D eigenvalue weighted by Crippen LogP contribution is -2.42. The molecule has 0 fully saturated rings. The fraction of sp³-hybridized carbons (Fsp3) is 0.458. The van der Waals surface area contributed by atoms with Gasteiger partial charge in [-0.1, -0.05) is 39.5 Å². The second-order valence-corrected chi connectivity index (χ2v) is 9.04. The number of thioether (sulfide) groups is 1. The van der Waals surface area contributed by atoms with E-state index in [4.69, 9.17) is 4.74 Å². The van der Waals surface area contributed by atoms with Crippen molar-refractivity contribution in [3.63, 3.8) is 0 Å². The number of ether oxygens (including phenoxy) is 1. The van der Waals surface area contributed by atoms with Gasteiger partial charge in [-0.3, -0.25) is 19.8 Å². The van der Waals surface area contributed by atoms with Crippen LogP contribution in [-0.4, -0.2) is 23.7 Å². The molecule has 1 aliphatic heterocycles. The van der Waals surface area contributed by atoms with Gasteiger partial charge in [0, 0.05) is 28.5 Å². The van der Waals surface area contributed by atoms with Crippen molar-refractivity contribution >= 4 is 34.7 Å². The Balaban J connectivity index is 2.13. The highest BCUT2D eigenvalue weighted by atomic mass is 32.2. The SMILES string of the molecule is CCCCC1(CCCC)CSc2cc(OC)ccc2N(c2ccc([N+](=O)[O-])cc2)C1=O. The number of methoxy groups -OCH3 is 1. The summed E-state index contributed by atoms with van der Waals surface area (Å²) in [5.74, 6) is 1.55. The Morgan fingerprint density at radius 3 is 2.29 bits per heavy atom. The molecule has 0 atom stereocenters. The smallest absolute Gasteiger partial charge is 0.269 e. The fourth-order valence-corrected chi connectivity index (χ4v) is 5.39. The van der Waals surface area contributed by atoms with E-state index in [0.717, 1.165) is 60.6 Å². The lowest BCUT2D eigenvalue weighted by Gasteiger charge is -2.35. The molecule has 7 heteroatoms. The van der Waals surface area contributed by atoms with Crippen molar-refractivity contribution in [2.24, 2.45) is 5.41 Å². The molecule has 1 heterocycles. The number of nitro benzene ring substituents is 1. The molecule has 2 aromatic rings. The van der Waals surface area contributed by atoms with E-state index in [2.05, 4.69) is 13.8 Å². The van der Waals surface area contributed by atoms with E-state index in [-0.39, 0.29) is 11.6 Å². The summed E-state index contributed by atoms with van der Waals surface area (Å²) in [7, 11) is 1.63. The van der Waals surface area contributed by atoms with E-state index >= 15 is 0 Å². The fourth-order valence-electron chi connectivity index (χ4n) is 4.04. The Kier molecular flexibility index (Phi) is 7.59. The molecule has 1 aliphatic rings. The molecule has 1 amide bonds. The summed E-state index contributed by atoms with van der Waals surface area (Å²) in [6, 6.07) is 12.0. The number of carbonyl (C=O) groups is 1. The van der Waals surface area contributed by atoms with Crippen molar-refractivity contribution in [2.75, 3.05) is 17.8 Å². The number of anilines is 2. The van der Waals surface area contributed by atoms with Crippen LogP contribution in [0.3, 0.4) is 0 Å². The zero-order valence-electron chi connectivity index (χ0n) is 18.4. The maximum absolute atomic E-state index is 14.2. The first kappa shape index (κ1) is 23.1. The number of hydrogen-bond acceptors (Lipinski definition) is 5. The molecule has 0 saturated carbocycles. The van der Waals surface area contributed by atoms with Crippen molar-refractivity contribution in [2.45, 2.75) is 57.3 Å². The number of fused-ring (bicyclic) bond motifs is 1. The number of nitrogens with zero attached hydrogens (tertiary/aromatic N) is 2. The van der Waals surface area contributed by atoms with Crippen LogP contribution in [0.25, 0.3) is 0 Å². The number of hydrogen-bond donors (Lipinski definition) is 0. The van der Waals surface area contributed by atoms with Gasteiger partial charge in [0.25, 0.3) is 5.69 Å². The quantitative estimate of drug-likeness (QED) is 0.317. The third kappa shape index (κ3) is 4.87. The van der Waals surface area contributed by atoms with Gasteiger partial charge in [0.1, 0.15) is 5.75 Å². The van der Waals surface area contributed by atoms with Crippen LogP contribution in [0.4, 0.5) is 17.1 Å². The van der Waals surface area contributed by atoms with E-state index in [9.17, 15) is 14.9 Å². The standard InChI is InChI=1S/C24H30N2O4S/c1-4-6-14-24(15-7-5-2)17-31-22-16-20(30-3)12-13-21(22)25(23(24)27)18-8-10-19(11-9-18)26(28)29/h8-13,16H,4-7,14-15,17H2,1-3H3. The third-order valence-electron chi connectivity index (χ3n) is 5.91. The Morgan fingerprint density at radius 1 is 1.10 bits per heavy atom. The molecule has 0 aliphatic carbocycles. The molecule has 0 N–H and O–H groups in total. The largest absolute Gasteiger partial charge is 0.497 e. The Labute approximate surface area is 188 Å². The zero-order chi connectivity index (χ0) is 22.4. The van der Waals surface area contributed by atoms with Crippen molar-refractivity contribution in [1.82, 2.24) is 0 Å². The third-order valence-corrected chi connectivity index (χ3v) is 7.24. The number of non-ortho nitro benzene ring substituents is 1. The van der Waals surface area contributed by atoms with Gasteiger partial charge in [-0.05, 0) is 43.2 Å². The van der Waals surface area contributed by atoms with Gasteiger partial charge in [0.2, 0.25) is 5.91 Å². The van der Waals surface area contributed by atoms with Crippen molar-refractivity contribution in [3.8, 4) is 5.75 Å². The van der Waals surface area contributed by atoms with Gasteiger partial charge in [0.05, 0.1) is 23.1 Å². The van der Waals surface area contributed by atoms with Gasteiger partial charge in [0.15, 0.2) is 0 Å². The lowest BCUT2D eigenvalue weighted by atomic mass is 9.78. The highest BCUT2D eigenvalue weighted by molar-refractivity contribution is 7.99. The normalized spacial score (nSPS) is 15.3. The first-order chi connectivity index (χ1) is 15.0. The number of unbranched alkanes of at least 4 members (excludes halogenated alkanes) is 2. The summed E-state index contributed by atoms with van der Waals surface area (Å²) in [4.78, 5) is 27.6. The van der Waals surface area contributed by atoms with E-state index < -0.39 is 10.3 Å². The van der Waals surface area contributed by atoms with Crippen molar-refractivity contribution in [3.05, 3.63) is 52.6 Å². The Morgan fingerprint density at radius 2 is 1.74 bits per heavy atom. The first-order valence-corrected chi connectivity index (χ1v) is 11.8. The topological polar surface area (TPSA) is 72.7 Å². The van der Waals surface area contributed by atoms with Crippen LogP contribution in [0.15, 0.2) is 47.4 Å². The summed E-state index contributed by atoms with van der Waals surface area (Å²) < 4.78 is 5.42. The van der Waals surface area contributed by atoms with Gasteiger partial charge in [-0.15, -0.1) is 11.8 Å². The monoisotopic (exact) mass is 442 g/mol. The second-order valence-electron chi connectivity index (χ2n) is 8.02. The molecule has 0 aromatic heterocycles. The summed E-state index contributed by atoms with van der Waals surface area (Å²) >= 11 is 1.71. The van der Waals surface area contributed by atoms with E-state index in [1.54, 1.807) is 35.9 Å². The maximum atomic E-state index is 14.2. The van der Waals surface area contributed by atoms with Crippen LogP contribution in [0.1, 0.15) is 52.4 Å². The van der Waals surface area contributed by atoms with Crippen molar-refractivity contribution in [1.29, 1.82) is 0 Å². The lowest BCUT2D eigenvalue weighted by molar-refractivity contribution is -0.384. The van der Waals surface area contributed by atoms with Gasteiger partial charge < -0.3 is 4.74 Å². The highest BCUT2D eigenvalue weighted by Gasteiger charge is 2.44. The molecule has 0 unspecified atom stereocenters. The predicted octanol–water partition coefficient (Wildman–Crippen LogP) is 6.74. The minimum absolute atomic E-state index is 0.0126. The average molecular weight is 443 g/mol. The summed E-state index contributed by atoms with van der Waals surface area (Å²) in [6.07, 6.45) is 5.72. The molecule has 2 aromatic carbocycles.